The van der Waals surface area contributed by atoms with Gasteiger partial charge in [-0.2, -0.15) is 5.10 Å². The number of fused-ring (bicyclic) bond motifs is 1. The van der Waals surface area contributed by atoms with E-state index in [1.54, 1.807) is 0 Å². The van der Waals surface area contributed by atoms with Crippen molar-refractivity contribution in [2.45, 2.75) is 12.8 Å². The number of benzene rings is 1. The fourth-order valence-electron chi connectivity index (χ4n) is 2.78. The first kappa shape index (κ1) is 13.1. The van der Waals surface area contributed by atoms with E-state index >= 15 is 0 Å². The van der Waals surface area contributed by atoms with Gasteiger partial charge in [0.05, 0.1) is 16.6 Å². The van der Waals surface area contributed by atoms with Crippen LogP contribution >= 0.6 is 0 Å². The van der Waals surface area contributed by atoms with Gasteiger partial charge in [-0.3, -0.25) is 5.10 Å². The van der Waals surface area contributed by atoms with Gasteiger partial charge in [-0.05, 0) is 38.1 Å². The SMILES string of the molecule is C(#CC1CCNCC1)c1c[nH]nc1-c1nc2ccccc2[nH]1. The summed E-state index contributed by atoms with van der Waals surface area (Å²) in [6.45, 7) is 2.11. The normalized spacial score (nSPS) is 15.6. The second-order valence-corrected chi connectivity index (χ2v) is 5.54. The Hall–Kier alpha value is -2.58. The summed E-state index contributed by atoms with van der Waals surface area (Å²) in [5, 5.41) is 10.6. The molecule has 0 saturated carbocycles. The molecule has 0 atom stereocenters. The third kappa shape index (κ3) is 2.49. The topological polar surface area (TPSA) is 69.4 Å². The summed E-state index contributed by atoms with van der Waals surface area (Å²) in [6.07, 6.45) is 4.08. The predicted octanol–water partition coefficient (Wildman–Crippen LogP) is 2.30. The molecule has 5 nitrogen and oxygen atoms in total. The van der Waals surface area contributed by atoms with Gasteiger partial charge in [-0.1, -0.05) is 24.0 Å². The van der Waals surface area contributed by atoms with Gasteiger partial charge in [0.15, 0.2) is 5.82 Å². The monoisotopic (exact) mass is 291 g/mol. The van der Waals surface area contributed by atoms with Crippen molar-refractivity contribution in [2.24, 2.45) is 5.92 Å². The number of aromatic nitrogens is 4. The molecule has 3 N–H and O–H groups in total. The van der Waals surface area contributed by atoms with E-state index in [-0.39, 0.29) is 0 Å². The number of nitrogens with one attached hydrogen (secondary N) is 3. The molecule has 1 aliphatic rings. The van der Waals surface area contributed by atoms with Gasteiger partial charge >= 0.3 is 0 Å². The van der Waals surface area contributed by atoms with Gasteiger partial charge in [-0.25, -0.2) is 4.98 Å². The molecule has 4 rings (SSSR count). The van der Waals surface area contributed by atoms with Crippen molar-refractivity contribution in [1.82, 2.24) is 25.5 Å². The zero-order valence-corrected chi connectivity index (χ0v) is 12.2. The lowest BCUT2D eigenvalue weighted by Gasteiger charge is -2.17. The lowest BCUT2D eigenvalue weighted by atomic mass is 9.98. The maximum atomic E-state index is 4.59. The summed E-state index contributed by atoms with van der Waals surface area (Å²) in [4.78, 5) is 7.90. The van der Waals surface area contributed by atoms with Gasteiger partial charge in [0.1, 0.15) is 5.69 Å². The van der Waals surface area contributed by atoms with Gasteiger partial charge < -0.3 is 10.3 Å². The number of para-hydroxylation sites is 2. The molecule has 0 radical (unpaired) electrons. The van der Waals surface area contributed by atoms with Crippen LogP contribution in [0, 0.1) is 17.8 Å². The molecular weight excluding hydrogens is 274 g/mol. The maximum Gasteiger partial charge on any atom is 0.160 e. The Morgan fingerprint density at radius 3 is 2.86 bits per heavy atom. The first-order valence-electron chi connectivity index (χ1n) is 7.61. The standard InChI is InChI=1S/C17H17N5/c1-2-4-15-14(3-1)20-17(21-15)16-13(11-19-22-16)6-5-12-7-9-18-10-8-12/h1-4,11-12,18H,7-10H2,(H,19,22)(H,20,21). The molecule has 0 bridgehead atoms. The highest BCUT2D eigenvalue weighted by atomic mass is 15.1. The number of aromatic amines is 2. The minimum atomic E-state index is 0.472. The van der Waals surface area contributed by atoms with Crippen LogP contribution in [0.5, 0.6) is 0 Å². The van der Waals surface area contributed by atoms with Crippen LogP contribution < -0.4 is 5.32 Å². The van der Waals surface area contributed by atoms with Gasteiger partial charge in [-0.15, -0.1) is 0 Å². The summed E-state index contributed by atoms with van der Waals surface area (Å²) in [7, 11) is 0. The van der Waals surface area contributed by atoms with Crippen LogP contribution in [0.4, 0.5) is 0 Å². The number of rotatable bonds is 1. The van der Waals surface area contributed by atoms with E-state index < -0.39 is 0 Å². The Labute approximate surface area is 128 Å². The summed E-state index contributed by atoms with van der Waals surface area (Å²) in [6, 6.07) is 7.98. The Morgan fingerprint density at radius 1 is 1.14 bits per heavy atom. The molecule has 2 aromatic heterocycles. The van der Waals surface area contributed by atoms with E-state index in [0.29, 0.717) is 5.92 Å². The zero-order valence-electron chi connectivity index (χ0n) is 12.2. The number of piperidine rings is 1. The van der Waals surface area contributed by atoms with E-state index in [2.05, 4.69) is 37.3 Å². The molecule has 1 aliphatic heterocycles. The number of H-pyrrole nitrogens is 2. The number of hydrogen-bond donors (Lipinski definition) is 3. The summed E-state index contributed by atoms with van der Waals surface area (Å²) in [5.41, 5.74) is 3.64. The highest BCUT2D eigenvalue weighted by Gasteiger charge is 2.13. The average molecular weight is 291 g/mol. The molecule has 3 aromatic rings. The maximum absolute atomic E-state index is 4.59. The number of nitrogens with zero attached hydrogens (tertiary/aromatic N) is 2. The van der Waals surface area contributed by atoms with Crippen LogP contribution in [-0.4, -0.2) is 33.3 Å². The first-order valence-corrected chi connectivity index (χ1v) is 7.61. The zero-order chi connectivity index (χ0) is 14.8. The van der Waals surface area contributed by atoms with E-state index in [1.807, 2.05) is 30.5 Å². The van der Waals surface area contributed by atoms with E-state index in [0.717, 1.165) is 54.0 Å². The second-order valence-electron chi connectivity index (χ2n) is 5.54. The van der Waals surface area contributed by atoms with Crippen LogP contribution in [0.1, 0.15) is 18.4 Å². The lowest BCUT2D eigenvalue weighted by molar-refractivity contribution is 0.447. The summed E-state index contributed by atoms with van der Waals surface area (Å²) in [5.74, 6) is 7.88. The largest absolute Gasteiger partial charge is 0.337 e. The van der Waals surface area contributed by atoms with Crippen molar-refractivity contribution >= 4 is 11.0 Å². The molecule has 22 heavy (non-hydrogen) atoms. The highest BCUT2D eigenvalue weighted by Crippen LogP contribution is 2.21. The number of hydrogen-bond acceptors (Lipinski definition) is 3. The molecule has 5 heteroatoms. The molecule has 0 spiro atoms. The van der Waals surface area contributed by atoms with Crippen LogP contribution in [0.15, 0.2) is 30.5 Å². The van der Waals surface area contributed by atoms with Crippen molar-refractivity contribution in [3.05, 3.63) is 36.0 Å². The first-order chi connectivity index (χ1) is 10.9. The molecule has 3 heterocycles. The third-order valence-electron chi connectivity index (χ3n) is 4.00. The molecule has 1 fully saturated rings. The van der Waals surface area contributed by atoms with E-state index in [9.17, 15) is 0 Å². The van der Waals surface area contributed by atoms with E-state index in [4.69, 9.17) is 0 Å². The quantitative estimate of drug-likeness (QED) is 0.603. The van der Waals surface area contributed by atoms with Crippen LogP contribution in [0.25, 0.3) is 22.6 Å². The Balaban J connectivity index is 1.66. The molecule has 0 amide bonds. The molecular formula is C17H17N5. The minimum Gasteiger partial charge on any atom is -0.337 e. The van der Waals surface area contributed by atoms with Gasteiger partial charge in [0.2, 0.25) is 0 Å². The van der Waals surface area contributed by atoms with Crippen LogP contribution in [0.2, 0.25) is 0 Å². The smallest absolute Gasteiger partial charge is 0.160 e. The molecule has 110 valence electrons. The average Bonchev–Trinajstić information content (AvgIpc) is 3.20. The fourth-order valence-corrected chi connectivity index (χ4v) is 2.78. The summed E-state index contributed by atoms with van der Waals surface area (Å²) < 4.78 is 0. The Morgan fingerprint density at radius 2 is 2.00 bits per heavy atom. The Kier molecular flexibility index (Phi) is 3.37. The molecule has 1 aromatic carbocycles. The van der Waals surface area contributed by atoms with Gasteiger partial charge in [0, 0.05) is 12.1 Å². The van der Waals surface area contributed by atoms with E-state index in [1.165, 1.54) is 0 Å². The van der Waals surface area contributed by atoms with Crippen LogP contribution in [-0.2, 0) is 0 Å². The molecule has 0 aliphatic carbocycles. The number of imidazole rings is 1. The fraction of sp³-hybridized carbons (Fsp3) is 0.294. The van der Waals surface area contributed by atoms with Crippen molar-refractivity contribution < 1.29 is 0 Å². The minimum absolute atomic E-state index is 0.472. The highest BCUT2D eigenvalue weighted by molar-refractivity contribution is 5.79. The predicted molar refractivity (Wildman–Crippen MR) is 86.1 cm³/mol. The van der Waals surface area contributed by atoms with Crippen molar-refractivity contribution in [2.75, 3.05) is 13.1 Å². The molecule has 0 unspecified atom stereocenters. The Bertz CT molecular complexity index is 809. The second kappa shape index (κ2) is 5.66. The van der Waals surface area contributed by atoms with Gasteiger partial charge in [0.25, 0.3) is 0 Å². The van der Waals surface area contributed by atoms with Crippen LogP contribution in [0.3, 0.4) is 0 Å². The van der Waals surface area contributed by atoms with Crippen molar-refractivity contribution in [3.8, 4) is 23.4 Å². The van der Waals surface area contributed by atoms with Crippen molar-refractivity contribution in [3.63, 3.8) is 0 Å². The van der Waals surface area contributed by atoms with Crippen molar-refractivity contribution in [1.29, 1.82) is 0 Å². The lowest BCUT2D eigenvalue weighted by Crippen LogP contribution is -2.26. The third-order valence-corrected chi connectivity index (χ3v) is 4.00. The summed E-state index contributed by atoms with van der Waals surface area (Å²) >= 11 is 0. The molecule has 1 saturated heterocycles.